The van der Waals surface area contributed by atoms with E-state index in [2.05, 4.69) is 28.7 Å². The van der Waals surface area contributed by atoms with E-state index in [0.717, 1.165) is 42.2 Å². The van der Waals surface area contributed by atoms with Gasteiger partial charge in [-0.25, -0.2) is 14.4 Å². The molecule has 0 saturated carbocycles. The number of aromatic nitrogens is 2. The predicted molar refractivity (Wildman–Crippen MR) is 90.1 cm³/mol. The van der Waals surface area contributed by atoms with Crippen LogP contribution in [0.5, 0.6) is 0 Å². The summed E-state index contributed by atoms with van der Waals surface area (Å²) >= 11 is 6.28. The molecule has 0 amide bonds. The Hall–Kier alpha value is -1.52. The minimum Gasteiger partial charge on any atom is -0.294 e. The van der Waals surface area contributed by atoms with Crippen LogP contribution in [0, 0.1) is 12.7 Å². The van der Waals surface area contributed by atoms with Crippen LogP contribution in [0.1, 0.15) is 48.0 Å². The third kappa shape index (κ3) is 3.38. The molecule has 1 aromatic heterocycles. The first kappa shape index (κ1) is 16.3. The molecule has 0 atom stereocenters. The van der Waals surface area contributed by atoms with Crippen molar-refractivity contribution in [3.8, 4) is 0 Å². The van der Waals surface area contributed by atoms with Crippen LogP contribution in [0.2, 0.25) is 5.02 Å². The molecular weight excluding hydrogens is 313 g/mol. The smallest absolute Gasteiger partial charge is 0.131 e. The fraction of sp³-hybridized carbons (Fsp3) is 0.444. The van der Waals surface area contributed by atoms with Crippen LogP contribution < -0.4 is 0 Å². The van der Waals surface area contributed by atoms with Crippen molar-refractivity contribution in [1.82, 2.24) is 14.9 Å². The summed E-state index contributed by atoms with van der Waals surface area (Å²) in [7, 11) is 0. The van der Waals surface area contributed by atoms with Gasteiger partial charge in [0, 0.05) is 55.0 Å². The highest BCUT2D eigenvalue weighted by Crippen LogP contribution is 2.27. The second kappa shape index (κ2) is 6.54. The molecule has 1 aromatic carbocycles. The third-order valence-corrected chi connectivity index (χ3v) is 4.84. The monoisotopic (exact) mass is 333 g/mol. The van der Waals surface area contributed by atoms with E-state index < -0.39 is 0 Å². The van der Waals surface area contributed by atoms with Crippen LogP contribution >= 0.6 is 11.6 Å². The maximum absolute atomic E-state index is 14.1. The molecule has 5 heteroatoms. The predicted octanol–water partition coefficient (Wildman–Crippen LogP) is 4.26. The largest absolute Gasteiger partial charge is 0.294 e. The molecule has 23 heavy (non-hydrogen) atoms. The molecule has 0 bridgehead atoms. The van der Waals surface area contributed by atoms with Crippen molar-refractivity contribution in [2.75, 3.05) is 6.54 Å². The molecule has 0 fully saturated rings. The Morgan fingerprint density at radius 1 is 1.35 bits per heavy atom. The normalized spacial score (nSPS) is 15.0. The number of hydrogen-bond donors (Lipinski definition) is 0. The van der Waals surface area contributed by atoms with Crippen LogP contribution in [0.25, 0.3) is 0 Å². The van der Waals surface area contributed by atoms with Gasteiger partial charge in [0.05, 0.1) is 5.02 Å². The van der Waals surface area contributed by atoms with E-state index >= 15 is 0 Å². The number of aryl methyl sites for hydroxylation is 1. The minimum absolute atomic E-state index is 0.238. The summed E-state index contributed by atoms with van der Waals surface area (Å²) in [5, 5.41) is 0.530. The van der Waals surface area contributed by atoms with Gasteiger partial charge in [0.1, 0.15) is 11.6 Å². The summed E-state index contributed by atoms with van der Waals surface area (Å²) in [5.74, 6) is 0.987. The number of benzene rings is 1. The minimum atomic E-state index is -0.238. The molecule has 0 N–H and O–H groups in total. The first-order chi connectivity index (χ1) is 11.0. The standard InChI is InChI=1S/C18H21ClFN3/c1-11(2)18-21-8-13-9-23(7-6-16(13)22-18)10-14-15(20)5-4-12(3)17(14)19/h4-5,8,11H,6-7,9-10H2,1-3H3. The first-order valence-electron chi connectivity index (χ1n) is 7.96. The average Bonchev–Trinajstić information content (AvgIpc) is 2.54. The molecule has 2 aromatic rings. The fourth-order valence-electron chi connectivity index (χ4n) is 2.89. The van der Waals surface area contributed by atoms with Gasteiger partial charge in [0.15, 0.2) is 0 Å². The molecule has 0 saturated heterocycles. The van der Waals surface area contributed by atoms with Crippen molar-refractivity contribution < 1.29 is 4.39 Å². The van der Waals surface area contributed by atoms with E-state index in [1.807, 2.05) is 13.1 Å². The van der Waals surface area contributed by atoms with Gasteiger partial charge in [-0.05, 0) is 18.6 Å². The number of hydrogen-bond acceptors (Lipinski definition) is 3. The van der Waals surface area contributed by atoms with Crippen molar-refractivity contribution in [2.45, 2.75) is 46.2 Å². The lowest BCUT2D eigenvalue weighted by Crippen LogP contribution is -2.31. The van der Waals surface area contributed by atoms with Gasteiger partial charge in [-0.15, -0.1) is 0 Å². The average molecular weight is 334 g/mol. The molecule has 0 spiro atoms. The van der Waals surface area contributed by atoms with E-state index in [0.29, 0.717) is 23.0 Å². The lowest BCUT2D eigenvalue weighted by Gasteiger charge is -2.28. The zero-order valence-electron chi connectivity index (χ0n) is 13.7. The van der Waals surface area contributed by atoms with E-state index in [9.17, 15) is 4.39 Å². The van der Waals surface area contributed by atoms with Crippen LogP contribution in [-0.4, -0.2) is 21.4 Å². The Bertz CT molecular complexity index is 730. The van der Waals surface area contributed by atoms with Gasteiger partial charge in [0.25, 0.3) is 0 Å². The Morgan fingerprint density at radius 3 is 2.87 bits per heavy atom. The highest BCUT2D eigenvalue weighted by molar-refractivity contribution is 6.32. The summed E-state index contributed by atoms with van der Waals surface area (Å²) < 4.78 is 14.1. The van der Waals surface area contributed by atoms with Crippen molar-refractivity contribution in [1.29, 1.82) is 0 Å². The molecule has 3 rings (SSSR count). The van der Waals surface area contributed by atoms with Gasteiger partial charge in [-0.1, -0.05) is 31.5 Å². The van der Waals surface area contributed by atoms with Crippen molar-refractivity contribution in [3.63, 3.8) is 0 Å². The second-order valence-electron chi connectivity index (χ2n) is 6.47. The van der Waals surface area contributed by atoms with Crippen molar-refractivity contribution >= 4 is 11.6 Å². The van der Waals surface area contributed by atoms with Gasteiger partial charge in [-0.2, -0.15) is 0 Å². The number of halogens is 2. The van der Waals surface area contributed by atoms with Crippen LogP contribution in [0.4, 0.5) is 4.39 Å². The van der Waals surface area contributed by atoms with Gasteiger partial charge in [-0.3, -0.25) is 4.90 Å². The quantitative estimate of drug-likeness (QED) is 0.840. The molecule has 0 aliphatic carbocycles. The maximum Gasteiger partial charge on any atom is 0.131 e. The molecule has 1 aliphatic heterocycles. The highest BCUT2D eigenvalue weighted by Gasteiger charge is 2.21. The zero-order chi connectivity index (χ0) is 16.6. The lowest BCUT2D eigenvalue weighted by atomic mass is 10.0. The number of fused-ring (bicyclic) bond motifs is 1. The third-order valence-electron chi connectivity index (χ3n) is 4.31. The van der Waals surface area contributed by atoms with E-state index in [-0.39, 0.29) is 5.82 Å². The lowest BCUT2D eigenvalue weighted by molar-refractivity contribution is 0.239. The van der Waals surface area contributed by atoms with Crippen LogP contribution in [-0.2, 0) is 19.5 Å². The van der Waals surface area contributed by atoms with E-state index in [1.54, 1.807) is 6.07 Å². The molecule has 3 nitrogen and oxygen atoms in total. The van der Waals surface area contributed by atoms with Crippen molar-refractivity contribution in [3.05, 3.63) is 57.4 Å². The topological polar surface area (TPSA) is 29.0 Å². The molecule has 122 valence electrons. The summed E-state index contributed by atoms with van der Waals surface area (Å²) in [6.45, 7) is 8.19. The van der Waals surface area contributed by atoms with Crippen LogP contribution in [0.3, 0.4) is 0 Å². The van der Waals surface area contributed by atoms with E-state index in [1.165, 1.54) is 6.07 Å². The maximum atomic E-state index is 14.1. The molecule has 2 heterocycles. The summed E-state index contributed by atoms with van der Waals surface area (Å²) in [5.41, 5.74) is 3.74. The Morgan fingerprint density at radius 2 is 2.13 bits per heavy atom. The molecule has 1 aliphatic rings. The first-order valence-corrected chi connectivity index (χ1v) is 8.34. The highest BCUT2D eigenvalue weighted by atomic mass is 35.5. The van der Waals surface area contributed by atoms with E-state index in [4.69, 9.17) is 11.6 Å². The van der Waals surface area contributed by atoms with Gasteiger partial charge in [0.2, 0.25) is 0 Å². The zero-order valence-corrected chi connectivity index (χ0v) is 14.5. The molecular formula is C18H21ClFN3. The second-order valence-corrected chi connectivity index (χ2v) is 6.85. The van der Waals surface area contributed by atoms with Crippen LogP contribution in [0.15, 0.2) is 18.3 Å². The van der Waals surface area contributed by atoms with Gasteiger partial charge >= 0.3 is 0 Å². The number of nitrogens with zero attached hydrogens (tertiary/aromatic N) is 3. The Balaban J connectivity index is 1.79. The SMILES string of the molecule is Cc1ccc(F)c(CN2CCc3nc(C(C)C)ncc3C2)c1Cl. The molecule has 0 unspecified atom stereocenters. The fourth-order valence-corrected chi connectivity index (χ4v) is 3.10. The number of rotatable bonds is 3. The molecule has 0 radical (unpaired) electrons. The Labute approximate surface area is 141 Å². The Kier molecular flexibility index (Phi) is 4.64. The summed E-state index contributed by atoms with van der Waals surface area (Å²) in [6, 6.07) is 3.21. The summed E-state index contributed by atoms with van der Waals surface area (Å²) in [6.07, 6.45) is 2.78. The summed E-state index contributed by atoms with van der Waals surface area (Å²) in [4.78, 5) is 11.3. The van der Waals surface area contributed by atoms with Gasteiger partial charge < -0.3 is 0 Å². The van der Waals surface area contributed by atoms with Crippen molar-refractivity contribution in [2.24, 2.45) is 0 Å².